The van der Waals surface area contributed by atoms with Crippen molar-refractivity contribution >= 4 is 5.97 Å². The largest absolute Gasteiger partial charge is 0.478 e. The Morgan fingerprint density at radius 3 is 2.56 bits per heavy atom. The highest BCUT2D eigenvalue weighted by molar-refractivity contribution is 5.88. The summed E-state index contributed by atoms with van der Waals surface area (Å²) < 4.78 is 0. The first-order valence-corrected chi connectivity index (χ1v) is 6.81. The van der Waals surface area contributed by atoms with E-state index in [0.717, 1.165) is 18.7 Å². The minimum Gasteiger partial charge on any atom is -0.478 e. The summed E-state index contributed by atoms with van der Waals surface area (Å²) in [7, 11) is 0. The third-order valence-corrected chi connectivity index (χ3v) is 3.67. The van der Waals surface area contributed by atoms with Gasteiger partial charge in [-0.25, -0.2) is 14.8 Å². The molecular formula is C14H20N2O2. The number of carboxylic acid groups (broad SMARTS) is 1. The summed E-state index contributed by atoms with van der Waals surface area (Å²) in [4.78, 5) is 19.8. The van der Waals surface area contributed by atoms with Crippen LogP contribution in [0.2, 0.25) is 0 Å². The smallest absolute Gasteiger partial charge is 0.339 e. The topological polar surface area (TPSA) is 63.1 Å². The van der Waals surface area contributed by atoms with Crippen LogP contribution in [0.1, 0.15) is 73.2 Å². The molecule has 0 amide bonds. The van der Waals surface area contributed by atoms with Crippen LogP contribution in [-0.2, 0) is 6.42 Å². The van der Waals surface area contributed by atoms with E-state index in [-0.39, 0.29) is 5.56 Å². The average Bonchev–Trinajstić information content (AvgIpc) is 2.66. The van der Waals surface area contributed by atoms with Crippen molar-refractivity contribution in [2.45, 2.75) is 57.8 Å². The van der Waals surface area contributed by atoms with Crippen LogP contribution >= 0.6 is 0 Å². The van der Waals surface area contributed by atoms with Crippen molar-refractivity contribution in [1.29, 1.82) is 0 Å². The van der Waals surface area contributed by atoms with Crippen molar-refractivity contribution in [2.75, 3.05) is 0 Å². The summed E-state index contributed by atoms with van der Waals surface area (Å²) >= 11 is 0. The maximum atomic E-state index is 11.0. The van der Waals surface area contributed by atoms with Crippen molar-refractivity contribution in [3.8, 4) is 0 Å². The number of hydrogen-bond acceptors (Lipinski definition) is 3. The van der Waals surface area contributed by atoms with E-state index < -0.39 is 5.97 Å². The van der Waals surface area contributed by atoms with Gasteiger partial charge in [0.15, 0.2) is 0 Å². The highest BCUT2D eigenvalue weighted by atomic mass is 16.4. The lowest BCUT2D eigenvalue weighted by Crippen LogP contribution is -2.11. The maximum Gasteiger partial charge on any atom is 0.339 e. The lowest BCUT2D eigenvalue weighted by atomic mass is 9.99. The maximum absolute atomic E-state index is 11.0. The first-order chi connectivity index (χ1) is 8.72. The lowest BCUT2D eigenvalue weighted by molar-refractivity contribution is 0.0694. The SMILES string of the molecule is CCc1nc(C2CCCCCC2)ncc1C(=O)O. The molecule has 0 aromatic carbocycles. The van der Waals surface area contributed by atoms with Gasteiger partial charge >= 0.3 is 5.97 Å². The zero-order valence-electron chi connectivity index (χ0n) is 10.9. The average molecular weight is 248 g/mol. The van der Waals surface area contributed by atoms with E-state index in [1.54, 1.807) is 0 Å². The molecule has 1 fully saturated rings. The van der Waals surface area contributed by atoms with Gasteiger partial charge < -0.3 is 5.11 Å². The molecule has 0 aliphatic heterocycles. The Balaban J connectivity index is 2.25. The van der Waals surface area contributed by atoms with Gasteiger partial charge in [0.2, 0.25) is 0 Å². The van der Waals surface area contributed by atoms with Crippen molar-refractivity contribution < 1.29 is 9.90 Å². The Morgan fingerprint density at radius 1 is 1.33 bits per heavy atom. The molecule has 0 unspecified atom stereocenters. The summed E-state index contributed by atoms with van der Waals surface area (Å²) in [5, 5.41) is 9.06. The Kier molecular flexibility index (Phi) is 4.28. The monoisotopic (exact) mass is 248 g/mol. The van der Waals surface area contributed by atoms with Gasteiger partial charge in [0.05, 0.1) is 11.3 Å². The molecular weight excluding hydrogens is 228 g/mol. The molecule has 0 saturated heterocycles. The van der Waals surface area contributed by atoms with Crippen molar-refractivity contribution in [2.24, 2.45) is 0 Å². The molecule has 98 valence electrons. The van der Waals surface area contributed by atoms with E-state index in [1.807, 2.05) is 6.92 Å². The van der Waals surface area contributed by atoms with Crippen LogP contribution in [0.4, 0.5) is 0 Å². The first-order valence-electron chi connectivity index (χ1n) is 6.81. The van der Waals surface area contributed by atoms with Gasteiger partial charge in [-0.05, 0) is 19.3 Å². The second kappa shape index (κ2) is 5.94. The summed E-state index contributed by atoms with van der Waals surface area (Å²) in [6.07, 6.45) is 9.45. The Hall–Kier alpha value is -1.45. The number of nitrogens with zero attached hydrogens (tertiary/aromatic N) is 2. The van der Waals surface area contributed by atoms with Crippen LogP contribution in [0, 0.1) is 0 Å². The van der Waals surface area contributed by atoms with Crippen LogP contribution < -0.4 is 0 Å². The third-order valence-electron chi connectivity index (χ3n) is 3.67. The van der Waals surface area contributed by atoms with Gasteiger partial charge in [0, 0.05) is 12.1 Å². The number of aryl methyl sites for hydroxylation is 1. The van der Waals surface area contributed by atoms with Crippen LogP contribution in [0.5, 0.6) is 0 Å². The molecule has 1 aliphatic carbocycles. The van der Waals surface area contributed by atoms with Gasteiger partial charge in [-0.2, -0.15) is 0 Å². The number of carbonyl (C=O) groups is 1. The van der Waals surface area contributed by atoms with E-state index in [2.05, 4.69) is 9.97 Å². The van der Waals surface area contributed by atoms with Gasteiger partial charge in [-0.3, -0.25) is 0 Å². The van der Waals surface area contributed by atoms with Crippen LogP contribution in [0.15, 0.2) is 6.20 Å². The number of carboxylic acids is 1. The molecule has 1 heterocycles. The predicted octanol–water partition coefficient (Wildman–Crippen LogP) is 3.18. The van der Waals surface area contributed by atoms with Gasteiger partial charge in [0.1, 0.15) is 5.82 Å². The molecule has 2 rings (SSSR count). The third kappa shape index (κ3) is 2.86. The van der Waals surface area contributed by atoms with Crippen LogP contribution in [0.3, 0.4) is 0 Å². The summed E-state index contributed by atoms with van der Waals surface area (Å²) in [5.41, 5.74) is 0.909. The van der Waals surface area contributed by atoms with Crippen molar-refractivity contribution in [3.05, 3.63) is 23.3 Å². The van der Waals surface area contributed by atoms with Crippen molar-refractivity contribution in [3.63, 3.8) is 0 Å². The first kappa shape index (κ1) is 13.0. The minimum absolute atomic E-state index is 0.245. The molecule has 1 aromatic heterocycles. The standard InChI is InChI=1S/C14H20N2O2/c1-2-12-11(14(17)18)9-15-13(16-12)10-7-5-3-4-6-8-10/h9-10H,2-8H2,1H3,(H,17,18). The fourth-order valence-electron chi connectivity index (χ4n) is 2.61. The summed E-state index contributed by atoms with van der Waals surface area (Å²) in [6, 6.07) is 0. The van der Waals surface area contributed by atoms with E-state index in [4.69, 9.17) is 5.11 Å². The van der Waals surface area contributed by atoms with Gasteiger partial charge in [-0.1, -0.05) is 32.6 Å². The highest BCUT2D eigenvalue weighted by Gasteiger charge is 2.19. The van der Waals surface area contributed by atoms with E-state index in [9.17, 15) is 4.79 Å². The zero-order chi connectivity index (χ0) is 13.0. The van der Waals surface area contributed by atoms with Crippen molar-refractivity contribution in [1.82, 2.24) is 9.97 Å². The van der Waals surface area contributed by atoms with Crippen LogP contribution in [0.25, 0.3) is 0 Å². The Bertz CT molecular complexity index is 424. The number of aromatic nitrogens is 2. The number of aromatic carboxylic acids is 1. The van der Waals surface area contributed by atoms with E-state index in [0.29, 0.717) is 18.0 Å². The predicted molar refractivity (Wildman–Crippen MR) is 68.8 cm³/mol. The molecule has 4 heteroatoms. The molecule has 1 aromatic rings. The lowest BCUT2D eigenvalue weighted by Gasteiger charge is -2.14. The number of rotatable bonds is 3. The Morgan fingerprint density at radius 2 is 2.00 bits per heavy atom. The fraction of sp³-hybridized carbons (Fsp3) is 0.643. The highest BCUT2D eigenvalue weighted by Crippen LogP contribution is 2.29. The molecule has 0 spiro atoms. The molecule has 18 heavy (non-hydrogen) atoms. The van der Waals surface area contributed by atoms with Crippen LogP contribution in [-0.4, -0.2) is 21.0 Å². The molecule has 1 N–H and O–H groups in total. The fourth-order valence-corrected chi connectivity index (χ4v) is 2.61. The van der Waals surface area contributed by atoms with E-state index >= 15 is 0 Å². The molecule has 4 nitrogen and oxygen atoms in total. The zero-order valence-corrected chi connectivity index (χ0v) is 10.9. The summed E-state index contributed by atoms with van der Waals surface area (Å²) in [6.45, 7) is 1.94. The second-order valence-electron chi connectivity index (χ2n) is 4.94. The summed E-state index contributed by atoms with van der Waals surface area (Å²) in [5.74, 6) is 0.332. The van der Waals surface area contributed by atoms with Gasteiger partial charge in [0.25, 0.3) is 0 Å². The Labute approximate surface area is 107 Å². The molecule has 1 aliphatic rings. The molecule has 1 saturated carbocycles. The molecule has 0 bridgehead atoms. The quantitative estimate of drug-likeness (QED) is 0.834. The molecule has 0 atom stereocenters. The van der Waals surface area contributed by atoms with E-state index in [1.165, 1.54) is 31.9 Å². The minimum atomic E-state index is -0.931. The molecule has 0 radical (unpaired) electrons. The normalized spacial score (nSPS) is 17.4. The number of hydrogen-bond donors (Lipinski definition) is 1. The van der Waals surface area contributed by atoms with Gasteiger partial charge in [-0.15, -0.1) is 0 Å². The second-order valence-corrected chi connectivity index (χ2v) is 4.94.